The lowest BCUT2D eigenvalue weighted by atomic mass is 10.2. The summed E-state index contributed by atoms with van der Waals surface area (Å²) in [5.41, 5.74) is 2.31. The van der Waals surface area contributed by atoms with Crippen molar-refractivity contribution in [1.29, 1.82) is 0 Å². The third-order valence-corrected chi connectivity index (χ3v) is 4.97. The molecule has 0 heterocycles. The Morgan fingerprint density at radius 3 is 2.62 bits per heavy atom. The zero-order chi connectivity index (χ0) is 18.9. The second-order valence-electron chi connectivity index (χ2n) is 5.46. The minimum absolute atomic E-state index is 0.309. The van der Waals surface area contributed by atoms with Gasteiger partial charge in [-0.05, 0) is 56.4 Å². The molecule has 2 N–H and O–H groups in total. The standard InChI is InChI=1S/C19H21ClN2O2S2/c1-3-24-18(23)16-9-6-14(12-17(16)20)22-19(25)21-10-11-26-15-7-4-13(2)5-8-15/h4-9,12H,3,10-11H2,1-2H3,(H2,21,22,25). The minimum atomic E-state index is -0.433. The fraction of sp³-hybridized carbons (Fsp3) is 0.263. The Kier molecular flexibility index (Phi) is 8.22. The maximum Gasteiger partial charge on any atom is 0.339 e. The van der Waals surface area contributed by atoms with Crippen LogP contribution in [0.15, 0.2) is 47.4 Å². The molecular formula is C19H21ClN2O2S2. The number of aryl methyl sites for hydroxylation is 1. The fourth-order valence-corrected chi connectivity index (χ4v) is 3.36. The molecule has 26 heavy (non-hydrogen) atoms. The van der Waals surface area contributed by atoms with E-state index in [-0.39, 0.29) is 0 Å². The van der Waals surface area contributed by atoms with Crippen molar-refractivity contribution in [3.05, 3.63) is 58.6 Å². The van der Waals surface area contributed by atoms with Gasteiger partial charge in [0.15, 0.2) is 5.11 Å². The number of nitrogens with one attached hydrogen (secondary N) is 2. The molecule has 0 atom stereocenters. The van der Waals surface area contributed by atoms with Gasteiger partial charge in [0.2, 0.25) is 0 Å². The molecular weight excluding hydrogens is 388 g/mol. The molecule has 0 bridgehead atoms. The molecule has 0 saturated heterocycles. The molecule has 0 aromatic heterocycles. The van der Waals surface area contributed by atoms with E-state index < -0.39 is 5.97 Å². The van der Waals surface area contributed by atoms with E-state index in [9.17, 15) is 4.79 Å². The molecule has 2 rings (SSSR count). The van der Waals surface area contributed by atoms with Crippen LogP contribution in [-0.4, -0.2) is 30.0 Å². The molecule has 138 valence electrons. The maximum atomic E-state index is 11.7. The first-order chi connectivity index (χ1) is 12.5. The molecule has 0 aliphatic heterocycles. The van der Waals surface area contributed by atoms with Crippen LogP contribution >= 0.6 is 35.6 Å². The Bertz CT molecular complexity index is 767. The van der Waals surface area contributed by atoms with Crippen molar-refractivity contribution >= 4 is 52.3 Å². The van der Waals surface area contributed by atoms with Crippen LogP contribution < -0.4 is 10.6 Å². The molecule has 0 unspecified atom stereocenters. The van der Waals surface area contributed by atoms with Gasteiger partial charge in [-0.25, -0.2) is 4.79 Å². The summed E-state index contributed by atoms with van der Waals surface area (Å²) in [5.74, 6) is 0.464. The monoisotopic (exact) mass is 408 g/mol. The van der Waals surface area contributed by atoms with Crippen LogP contribution in [0.5, 0.6) is 0 Å². The Hall–Kier alpha value is -1.76. The van der Waals surface area contributed by atoms with E-state index in [4.69, 9.17) is 28.6 Å². The van der Waals surface area contributed by atoms with Gasteiger partial charge in [-0.1, -0.05) is 29.3 Å². The average molecular weight is 409 g/mol. The second-order valence-corrected chi connectivity index (χ2v) is 7.44. The van der Waals surface area contributed by atoms with Gasteiger partial charge in [-0.3, -0.25) is 0 Å². The molecule has 2 aromatic carbocycles. The Morgan fingerprint density at radius 1 is 1.23 bits per heavy atom. The first kappa shape index (κ1) is 20.6. The Morgan fingerprint density at radius 2 is 1.96 bits per heavy atom. The summed E-state index contributed by atoms with van der Waals surface area (Å²) in [4.78, 5) is 13.0. The van der Waals surface area contributed by atoms with Crippen molar-refractivity contribution in [3.63, 3.8) is 0 Å². The normalized spacial score (nSPS) is 10.3. The third kappa shape index (κ3) is 6.52. The third-order valence-electron chi connectivity index (χ3n) is 3.40. The van der Waals surface area contributed by atoms with Crippen LogP contribution in [0.3, 0.4) is 0 Å². The van der Waals surface area contributed by atoms with E-state index in [1.807, 2.05) is 0 Å². The molecule has 7 heteroatoms. The number of benzene rings is 2. The number of carbonyl (C=O) groups is 1. The summed E-state index contributed by atoms with van der Waals surface area (Å²) in [7, 11) is 0. The average Bonchev–Trinajstić information content (AvgIpc) is 2.60. The number of thioether (sulfide) groups is 1. The maximum absolute atomic E-state index is 11.7. The van der Waals surface area contributed by atoms with E-state index in [1.165, 1.54) is 10.5 Å². The largest absolute Gasteiger partial charge is 0.462 e. The van der Waals surface area contributed by atoms with E-state index in [1.54, 1.807) is 36.9 Å². The zero-order valence-electron chi connectivity index (χ0n) is 14.7. The molecule has 0 fully saturated rings. The van der Waals surface area contributed by atoms with E-state index in [2.05, 4.69) is 41.8 Å². The number of thiocarbonyl (C=S) groups is 1. The number of halogens is 1. The van der Waals surface area contributed by atoms with E-state index >= 15 is 0 Å². The number of esters is 1. The number of carbonyl (C=O) groups excluding carboxylic acids is 1. The van der Waals surface area contributed by atoms with Gasteiger partial charge in [0.05, 0.1) is 17.2 Å². The smallest absolute Gasteiger partial charge is 0.339 e. The Labute approximate surface area is 168 Å². The predicted octanol–water partition coefficient (Wildman–Crippen LogP) is 4.90. The van der Waals surface area contributed by atoms with Crippen LogP contribution in [0.4, 0.5) is 5.69 Å². The summed E-state index contributed by atoms with van der Waals surface area (Å²) in [6.45, 7) is 4.87. The summed E-state index contributed by atoms with van der Waals surface area (Å²) in [6.07, 6.45) is 0. The fourth-order valence-electron chi connectivity index (χ4n) is 2.11. The highest BCUT2D eigenvalue weighted by molar-refractivity contribution is 7.99. The quantitative estimate of drug-likeness (QED) is 0.294. The SMILES string of the molecule is CCOC(=O)c1ccc(NC(=S)NCCSc2ccc(C)cc2)cc1Cl. The lowest BCUT2D eigenvalue weighted by Gasteiger charge is -2.12. The predicted molar refractivity (Wildman–Crippen MR) is 114 cm³/mol. The molecule has 0 spiro atoms. The van der Waals surface area contributed by atoms with Gasteiger partial charge >= 0.3 is 5.97 Å². The molecule has 0 saturated carbocycles. The molecule has 0 aliphatic rings. The van der Waals surface area contributed by atoms with Crippen LogP contribution in [0.25, 0.3) is 0 Å². The number of ether oxygens (including phenoxy) is 1. The molecule has 2 aromatic rings. The first-order valence-corrected chi connectivity index (χ1v) is 9.97. The molecule has 0 aliphatic carbocycles. The number of anilines is 1. The minimum Gasteiger partial charge on any atom is -0.462 e. The number of rotatable bonds is 7. The van der Waals surface area contributed by atoms with Crippen molar-refractivity contribution in [1.82, 2.24) is 5.32 Å². The highest BCUT2D eigenvalue weighted by atomic mass is 35.5. The van der Waals surface area contributed by atoms with Gasteiger partial charge in [0.25, 0.3) is 0 Å². The molecule has 0 amide bonds. The second kappa shape index (κ2) is 10.4. The van der Waals surface area contributed by atoms with Crippen molar-refractivity contribution in [2.45, 2.75) is 18.7 Å². The van der Waals surface area contributed by atoms with Crippen molar-refractivity contribution < 1.29 is 9.53 Å². The molecule has 0 radical (unpaired) electrons. The summed E-state index contributed by atoms with van der Waals surface area (Å²) in [6, 6.07) is 13.5. The topological polar surface area (TPSA) is 50.4 Å². The van der Waals surface area contributed by atoms with Crippen LogP contribution in [0.1, 0.15) is 22.8 Å². The summed E-state index contributed by atoms with van der Waals surface area (Å²) < 4.78 is 4.95. The van der Waals surface area contributed by atoms with Gasteiger partial charge in [-0.2, -0.15) is 0 Å². The number of hydrogen-bond donors (Lipinski definition) is 2. The van der Waals surface area contributed by atoms with Crippen molar-refractivity contribution in [2.24, 2.45) is 0 Å². The molecule has 4 nitrogen and oxygen atoms in total. The zero-order valence-corrected chi connectivity index (χ0v) is 17.1. The van der Waals surface area contributed by atoms with Crippen LogP contribution in [-0.2, 0) is 4.74 Å². The van der Waals surface area contributed by atoms with Gasteiger partial charge in [0, 0.05) is 22.9 Å². The van der Waals surface area contributed by atoms with Crippen LogP contribution in [0.2, 0.25) is 5.02 Å². The van der Waals surface area contributed by atoms with Gasteiger partial charge in [0.1, 0.15) is 0 Å². The summed E-state index contributed by atoms with van der Waals surface area (Å²) in [5, 5.41) is 7.05. The highest BCUT2D eigenvalue weighted by Gasteiger charge is 2.12. The first-order valence-electron chi connectivity index (χ1n) is 8.20. The van der Waals surface area contributed by atoms with Crippen molar-refractivity contribution in [3.8, 4) is 0 Å². The van der Waals surface area contributed by atoms with Crippen molar-refractivity contribution in [2.75, 3.05) is 24.2 Å². The van der Waals surface area contributed by atoms with E-state index in [0.29, 0.717) is 28.0 Å². The van der Waals surface area contributed by atoms with Crippen LogP contribution in [0, 0.1) is 6.92 Å². The highest BCUT2D eigenvalue weighted by Crippen LogP contribution is 2.22. The van der Waals surface area contributed by atoms with Gasteiger partial charge < -0.3 is 15.4 Å². The Balaban J connectivity index is 1.77. The number of hydrogen-bond acceptors (Lipinski definition) is 4. The lowest BCUT2D eigenvalue weighted by molar-refractivity contribution is 0.0526. The lowest BCUT2D eigenvalue weighted by Crippen LogP contribution is -2.30. The van der Waals surface area contributed by atoms with E-state index in [0.717, 1.165) is 12.3 Å². The van der Waals surface area contributed by atoms with Gasteiger partial charge in [-0.15, -0.1) is 11.8 Å². The summed E-state index contributed by atoms with van der Waals surface area (Å²) >= 11 is 13.2.